The highest BCUT2D eigenvalue weighted by molar-refractivity contribution is 5.56. The lowest BCUT2D eigenvalue weighted by molar-refractivity contribution is 0.169. The summed E-state index contributed by atoms with van der Waals surface area (Å²) in [4.78, 5) is 4.62. The number of aryl methyl sites for hydroxylation is 1. The van der Waals surface area contributed by atoms with E-state index in [1.165, 1.54) is 23.4 Å². The predicted octanol–water partition coefficient (Wildman–Crippen LogP) is 4.02. The maximum absolute atomic E-state index is 10.6. The average molecular weight is 324 g/mol. The minimum absolute atomic E-state index is 0.403. The van der Waals surface area contributed by atoms with Gasteiger partial charge in [0.05, 0.1) is 6.10 Å². The molecule has 0 amide bonds. The summed E-state index contributed by atoms with van der Waals surface area (Å²) in [6, 6.07) is 16.9. The summed E-state index contributed by atoms with van der Waals surface area (Å²) in [5.74, 6) is 0. The van der Waals surface area contributed by atoms with Crippen LogP contribution in [0.2, 0.25) is 0 Å². The van der Waals surface area contributed by atoms with Crippen molar-refractivity contribution in [1.29, 1.82) is 0 Å². The molecule has 1 aliphatic rings. The van der Waals surface area contributed by atoms with E-state index in [4.69, 9.17) is 0 Å². The van der Waals surface area contributed by atoms with Crippen molar-refractivity contribution in [2.45, 2.75) is 32.3 Å². The van der Waals surface area contributed by atoms with Gasteiger partial charge in [-0.05, 0) is 55.5 Å². The molecule has 128 valence electrons. The van der Waals surface area contributed by atoms with E-state index in [2.05, 4.69) is 66.2 Å². The molecule has 3 nitrogen and oxygen atoms in total. The lowest BCUT2D eigenvalue weighted by atomic mass is 9.96. The van der Waals surface area contributed by atoms with Crippen LogP contribution >= 0.6 is 0 Å². The van der Waals surface area contributed by atoms with E-state index in [9.17, 15) is 5.11 Å². The lowest BCUT2D eigenvalue weighted by Gasteiger charge is -2.29. The molecule has 1 heterocycles. The van der Waals surface area contributed by atoms with Crippen LogP contribution in [0.1, 0.15) is 37.0 Å². The average Bonchev–Trinajstić information content (AvgIpc) is 2.63. The van der Waals surface area contributed by atoms with Crippen molar-refractivity contribution in [1.82, 2.24) is 0 Å². The summed E-state index contributed by atoms with van der Waals surface area (Å²) in [7, 11) is 2.15. The molecule has 3 rings (SSSR count). The Morgan fingerprint density at radius 2 is 1.96 bits per heavy atom. The molecule has 2 aromatic rings. The third kappa shape index (κ3) is 3.73. The maximum atomic E-state index is 10.6. The normalized spacial score (nSPS) is 15.0. The predicted molar refractivity (Wildman–Crippen MR) is 102 cm³/mol. The van der Waals surface area contributed by atoms with Crippen molar-refractivity contribution < 1.29 is 5.11 Å². The molecule has 0 fully saturated rings. The number of benzene rings is 2. The summed E-state index contributed by atoms with van der Waals surface area (Å²) in [5.41, 5.74) is 4.96. The van der Waals surface area contributed by atoms with Crippen LogP contribution in [-0.2, 0) is 6.42 Å². The third-order valence-electron chi connectivity index (χ3n) is 5.01. The van der Waals surface area contributed by atoms with Gasteiger partial charge in [-0.15, -0.1) is 0 Å². The van der Waals surface area contributed by atoms with Gasteiger partial charge in [-0.3, -0.25) is 0 Å². The van der Waals surface area contributed by atoms with E-state index >= 15 is 0 Å². The summed E-state index contributed by atoms with van der Waals surface area (Å²) in [6.45, 7) is 5.09. The van der Waals surface area contributed by atoms with E-state index in [0.29, 0.717) is 0 Å². The van der Waals surface area contributed by atoms with Crippen LogP contribution in [0.5, 0.6) is 0 Å². The summed E-state index contributed by atoms with van der Waals surface area (Å²) in [5, 5.41) is 10.6. The zero-order chi connectivity index (χ0) is 16.9. The first-order valence-electron chi connectivity index (χ1n) is 9.01. The maximum Gasteiger partial charge on any atom is 0.0807 e. The standard InChI is InChI=1S/C21H28N2O/c1-3-23(19-9-5-4-6-10-19)15-13-21(24)18-11-12-20-17(16-18)8-7-14-22(20)2/h4-6,9-12,16,21,24H,3,7-8,13-15H2,1-2H3. The largest absolute Gasteiger partial charge is 0.388 e. The fourth-order valence-electron chi connectivity index (χ4n) is 3.57. The van der Waals surface area contributed by atoms with Crippen molar-refractivity contribution in [2.75, 3.05) is 36.5 Å². The summed E-state index contributed by atoms with van der Waals surface area (Å²) in [6.07, 6.45) is 2.66. The van der Waals surface area contributed by atoms with Crippen molar-refractivity contribution in [3.63, 3.8) is 0 Å². The minimum atomic E-state index is -0.403. The van der Waals surface area contributed by atoms with Gasteiger partial charge in [0.25, 0.3) is 0 Å². The molecular weight excluding hydrogens is 296 g/mol. The Hall–Kier alpha value is -2.00. The molecule has 1 unspecified atom stereocenters. The molecule has 2 aromatic carbocycles. The van der Waals surface area contributed by atoms with Crippen LogP contribution in [0.4, 0.5) is 11.4 Å². The van der Waals surface area contributed by atoms with Crippen molar-refractivity contribution in [3.8, 4) is 0 Å². The van der Waals surface area contributed by atoms with Crippen LogP contribution < -0.4 is 9.80 Å². The summed E-state index contributed by atoms with van der Waals surface area (Å²) >= 11 is 0. The highest BCUT2D eigenvalue weighted by Crippen LogP contribution is 2.30. The first-order valence-corrected chi connectivity index (χ1v) is 9.01. The number of para-hydroxylation sites is 1. The van der Waals surface area contributed by atoms with Gasteiger partial charge in [0, 0.05) is 38.1 Å². The highest BCUT2D eigenvalue weighted by Gasteiger charge is 2.17. The molecule has 0 bridgehead atoms. The Bertz CT molecular complexity index is 656. The molecule has 1 aliphatic heterocycles. The zero-order valence-corrected chi connectivity index (χ0v) is 14.8. The molecule has 0 saturated carbocycles. The molecule has 0 radical (unpaired) electrons. The topological polar surface area (TPSA) is 26.7 Å². The molecule has 0 saturated heterocycles. The quantitative estimate of drug-likeness (QED) is 0.869. The summed E-state index contributed by atoms with van der Waals surface area (Å²) < 4.78 is 0. The molecule has 1 N–H and O–H groups in total. The monoisotopic (exact) mass is 324 g/mol. The molecule has 24 heavy (non-hydrogen) atoms. The second kappa shape index (κ2) is 7.71. The van der Waals surface area contributed by atoms with Crippen molar-refractivity contribution >= 4 is 11.4 Å². The Balaban J connectivity index is 1.65. The molecule has 0 spiro atoms. The number of aliphatic hydroxyl groups excluding tert-OH is 1. The SMILES string of the molecule is CCN(CCC(O)c1ccc2c(c1)CCCN2C)c1ccccc1. The fourth-order valence-corrected chi connectivity index (χ4v) is 3.57. The second-order valence-electron chi connectivity index (χ2n) is 6.63. The van der Waals surface area contributed by atoms with Crippen LogP contribution in [-0.4, -0.2) is 31.8 Å². The number of fused-ring (bicyclic) bond motifs is 1. The van der Waals surface area contributed by atoms with Gasteiger partial charge < -0.3 is 14.9 Å². The number of rotatable bonds is 6. The smallest absolute Gasteiger partial charge is 0.0807 e. The van der Waals surface area contributed by atoms with Crippen LogP contribution in [0.15, 0.2) is 48.5 Å². The Morgan fingerprint density at radius 3 is 2.71 bits per heavy atom. The van der Waals surface area contributed by atoms with Gasteiger partial charge in [-0.1, -0.05) is 30.3 Å². The molecule has 3 heteroatoms. The molecule has 1 atom stereocenters. The zero-order valence-electron chi connectivity index (χ0n) is 14.8. The molecule has 0 aromatic heterocycles. The van der Waals surface area contributed by atoms with Gasteiger partial charge in [0.15, 0.2) is 0 Å². The number of anilines is 2. The van der Waals surface area contributed by atoms with Crippen molar-refractivity contribution in [2.24, 2.45) is 0 Å². The number of hydrogen-bond donors (Lipinski definition) is 1. The Morgan fingerprint density at radius 1 is 1.17 bits per heavy atom. The van der Waals surface area contributed by atoms with Crippen LogP contribution in [0.25, 0.3) is 0 Å². The third-order valence-corrected chi connectivity index (χ3v) is 5.01. The van der Waals surface area contributed by atoms with Crippen LogP contribution in [0, 0.1) is 0 Å². The number of nitrogens with zero attached hydrogens (tertiary/aromatic N) is 2. The van der Waals surface area contributed by atoms with E-state index in [0.717, 1.165) is 38.0 Å². The lowest BCUT2D eigenvalue weighted by Crippen LogP contribution is -2.26. The van der Waals surface area contributed by atoms with Gasteiger partial charge in [0.1, 0.15) is 0 Å². The van der Waals surface area contributed by atoms with Gasteiger partial charge >= 0.3 is 0 Å². The van der Waals surface area contributed by atoms with E-state index in [1.807, 2.05) is 6.07 Å². The van der Waals surface area contributed by atoms with Crippen LogP contribution in [0.3, 0.4) is 0 Å². The Labute approximate surface area is 145 Å². The van der Waals surface area contributed by atoms with Crippen molar-refractivity contribution in [3.05, 3.63) is 59.7 Å². The highest BCUT2D eigenvalue weighted by atomic mass is 16.3. The minimum Gasteiger partial charge on any atom is -0.388 e. The number of aliphatic hydroxyl groups is 1. The van der Waals surface area contributed by atoms with E-state index < -0.39 is 6.10 Å². The second-order valence-corrected chi connectivity index (χ2v) is 6.63. The van der Waals surface area contributed by atoms with Gasteiger partial charge in [0.2, 0.25) is 0 Å². The van der Waals surface area contributed by atoms with E-state index in [1.54, 1.807) is 0 Å². The number of hydrogen-bond acceptors (Lipinski definition) is 3. The first-order chi connectivity index (χ1) is 11.7. The Kier molecular flexibility index (Phi) is 5.41. The fraction of sp³-hybridized carbons (Fsp3) is 0.429. The van der Waals surface area contributed by atoms with Gasteiger partial charge in [-0.25, -0.2) is 0 Å². The van der Waals surface area contributed by atoms with Gasteiger partial charge in [-0.2, -0.15) is 0 Å². The first kappa shape index (κ1) is 16.8. The molecule has 0 aliphatic carbocycles. The molecular formula is C21H28N2O. The van der Waals surface area contributed by atoms with E-state index in [-0.39, 0.29) is 0 Å².